The van der Waals surface area contributed by atoms with E-state index in [1.807, 2.05) is 0 Å². The van der Waals surface area contributed by atoms with Crippen LogP contribution in [0.5, 0.6) is 0 Å². The van der Waals surface area contributed by atoms with E-state index in [-0.39, 0.29) is 0 Å². The summed E-state index contributed by atoms with van der Waals surface area (Å²) in [6.07, 6.45) is 0. The molecule has 0 saturated carbocycles. The van der Waals surface area contributed by atoms with Gasteiger partial charge in [0, 0.05) is 0 Å². The molecule has 0 fully saturated rings. The Hall–Kier alpha value is 2.08. The molecule has 0 aliphatic carbocycles. The predicted octanol–water partition coefficient (Wildman–Crippen LogP) is 10.7. The minimum absolute atomic E-state index is 1.61. The standard InChI is InChI=1S/C29H84O12Si13/c1-29-51(39-52(30-42(2,3)4,31-43(5,6)7)32-44(8,9)10,40-53(33-45(11,12)13,34-46(14,15)16)35-47(17,18)19)41-54(36-48(20,21)22,37-49(23,24)25)38-50(26,27)28/h29H,1H2,2-28H3. The minimum Gasteiger partial charge on any atom is -0.396 e. The first-order valence-electron chi connectivity index (χ1n) is 19.1. The summed E-state index contributed by atoms with van der Waals surface area (Å²) in [6, 6.07) is 0. The molecule has 0 radical (unpaired) electrons. The Kier molecular flexibility index (Phi) is 19.3. The van der Waals surface area contributed by atoms with Crippen molar-refractivity contribution < 1.29 is 49.4 Å². The van der Waals surface area contributed by atoms with Gasteiger partial charge in [-0.25, -0.2) is 0 Å². The monoisotopic (exact) mass is 988 g/mol. The van der Waals surface area contributed by atoms with Crippen molar-refractivity contribution in [3.05, 3.63) is 12.3 Å². The van der Waals surface area contributed by atoms with E-state index in [0.29, 0.717) is 0 Å². The number of hydrogen-bond acceptors (Lipinski definition) is 12. The number of rotatable bonds is 25. The van der Waals surface area contributed by atoms with Crippen molar-refractivity contribution in [1.82, 2.24) is 0 Å². The van der Waals surface area contributed by atoms with E-state index in [0.717, 1.165) is 0 Å². The molecular weight excluding hydrogens is 905 g/mol. The number of hydrogen-bond donors (Lipinski definition) is 0. The molecule has 0 saturated heterocycles. The predicted molar refractivity (Wildman–Crippen MR) is 256 cm³/mol. The summed E-state index contributed by atoms with van der Waals surface area (Å²) in [7, 11) is -39.4. The van der Waals surface area contributed by atoms with Crippen molar-refractivity contribution in [3.63, 3.8) is 0 Å². The first-order valence-corrected chi connectivity index (χ1v) is 56.5. The van der Waals surface area contributed by atoms with Crippen LogP contribution >= 0.6 is 0 Å². The normalized spacial score (nSPS) is 15.9. The largest absolute Gasteiger partial charge is 0.640 e. The first-order chi connectivity index (χ1) is 23.0. The zero-order valence-corrected chi connectivity index (χ0v) is 52.7. The van der Waals surface area contributed by atoms with Gasteiger partial charge in [0.05, 0.1) is 0 Å². The Balaban J connectivity index is 8.96. The Morgan fingerprint density at radius 1 is 0.222 bits per heavy atom. The smallest absolute Gasteiger partial charge is 0.396 e. The van der Waals surface area contributed by atoms with Crippen LogP contribution in [-0.2, 0) is 49.4 Å². The van der Waals surface area contributed by atoms with Crippen molar-refractivity contribution in [2.24, 2.45) is 0 Å². The first kappa shape index (κ1) is 56.1. The highest BCUT2D eigenvalue weighted by Crippen LogP contribution is 2.39. The van der Waals surface area contributed by atoms with E-state index in [4.69, 9.17) is 49.4 Å². The van der Waals surface area contributed by atoms with Crippen molar-refractivity contribution in [1.29, 1.82) is 0 Å². The van der Waals surface area contributed by atoms with Crippen LogP contribution in [0.1, 0.15) is 0 Å². The topological polar surface area (TPSA) is 111 Å². The molecule has 0 unspecified atom stereocenters. The zero-order valence-electron chi connectivity index (χ0n) is 39.7. The fourth-order valence-electron chi connectivity index (χ4n) is 4.46. The highest BCUT2D eigenvalue weighted by Gasteiger charge is 2.70. The lowest BCUT2D eigenvalue weighted by molar-refractivity contribution is 0.0513. The van der Waals surface area contributed by atoms with Crippen LogP contribution in [0.4, 0.5) is 0 Å². The van der Waals surface area contributed by atoms with E-state index in [1.54, 1.807) is 5.70 Å². The Morgan fingerprint density at radius 2 is 0.333 bits per heavy atom. The van der Waals surface area contributed by atoms with Gasteiger partial charge in [0.2, 0.25) is 0 Å². The molecule has 0 aliphatic heterocycles. The van der Waals surface area contributed by atoms with Crippen LogP contribution in [0, 0.1) is 0 Å². The van der Waals surface area contributed by atoms with E-state index in [9.17, 15) is 0 Å². The molecule has 0 aromatic heterocycles. The van der Waals surface area contributed by atoms with Crippen molar-refractivity contribution in [2.75, 3.05) is 0 Å². The van der Waals surface area contributed by atoms with Gasteiger partial charge < -0.3 is 49.4 Å². The highest BCUT2D eigenvalue weighted by atomic mass is 28.6. The van der Waals surface area contributed by atoms with Crippen molar-refractivity contribution in [3.8, 4) is 0 Å². The lowest BCUT2D eigenvalue weighted by Crippen LogP contribution is -2.75. The van der Waals surface area contributed by atoms with E-state index >= 15 is 0 Å². The van der Waals surface area contributed by atoms with Gasteiger partial charge in [0.15, 0.2) is 74.9 Å². The summed E-state index contributed by atoms with van der Waals surface area (Å²) in [5.41, 5.74) is 1.61. The molecule has 0 bridgehead atoms. The fraction of sp³-hybridized carbons (Fsp3) is 0.931. The van der Waals surface area contributed by atoms with Crippen LogP contribution in [0.2, 0.25) is 177 Å². The van der Waals surface area contributed by atoms with Gasteiger partial charge in [0.1, 0.15) is 0 Å². The molecule has 0 atom stereocenters. The average molecular weight is 990 g/mol. The molecule has 0 aromatic carbocycles. The summed E-state index contributed by atoms with van der Waals surface area (Å²) in [5, 5.41) is 0. The highest BCUT2D eigenvalue weighted by molar-refractivity contribution is 6.97. The van der Waals surface area contributed by atoms with E-state index < -0.39 is 111 Å². The van der Waals surface area contributed by atoms with Gasteiger partial charge >= 0.3 is 35.9 Å². The van der Waals surface area contributed by atoms with Gasteiger partial charge in [-0.15, -0.1) is 6.58 Å². The third kappa shape index (κ3) is 25.6. The van der Waals surface area contributed by atoms with Crippen molar-refractivity contribution in [2.45, 2.75) is 177 Å². The maximum absolute atomic E-state index is 7.54. The lowest BCUT2D eigenvalue weighted by Gasteiger charge is -2.49. The molecule has 25 heteroatoms. The van der Waals surface area contributed by atoms with Crippen LogP contribution in [-0.4, -0.2) is 111 Å². The SMILES string of the molecule is C=C[Si](O[Si](O[Si](C)(C)C)(O[Si](C)(C)C)O[Si](C)(C)C)(O[Si](O[Si](C)(C)C)(O[Si](C)(C)C)O[Si](C)(C)C)O[Si](O[Si](C)(C)C)(O[Si](C)(C)C)O[Si](C)(C)C. The van der Waals surface area contributed by atoms with Gasteiger partial charge in [-0.05, 0) is 182 Å². The van der Waals surface area contributed by atoms with Crippen molar-refractivity contribution >= 4 is 111 Å². The Morgan fingerprint density at radius 3 is 0.407 bits per heavy atom. The van der Waals surface area contributed by atoms with Crippen LogP contribution in [0.15, 0.2) is 12.3 Å². The van der Waals surface area contributed by atoms with Gasteiger partial charge in [-0.3, -0.25) is 0 Å². The molecule has 12 nitrogen and oxygen atoms in total. The second kappa shape index (κ2) is 18.6. The molecule has 0 aromatic rings. The molecule has 324 valence electrons. The zero-order chi connectivity index (χ0) is 43.7. The summed E-state index contributed by atoms with van der Waals surface area (Å²) < 4.78 is 86.6. The Labute approximate surface area is 347 Å². The molecular formula is C29H84O12Si13. The van der Waals surface area contributed by atoms with Crippen LogP contribution in [0.25, 0.3) is 0 Å². The summed E-state index contributed by atoms with van der Waals surface area (Å²) in [6.45, 7) is 61.1. The quantitative estimate of drug-likeness (QED) is 0.0812. The van der Waals surface area contributed by atoms with E-state index in [1.165, 1.54) is 0 Å². The lowest BCUT2D eigenvalue weighted by atomic mass is 11.3. The third-order valence-corrected chi connectivity index (χ3v) is 42.9. The molecule has 0 rings (SSSR count). The van der Waals surface area contributed by atoms with E-state index in [2.05, 4.69) is 183 Å². The second-order valence-corrected chi connectivity index (χ2v) is 75.0. The maximum atomic E-state index is 7.54. The molecule has 0 spiro atoms. The van der Waals surface area contributed by atoms with Gasteiger partial charge in [-0.2, -0.15) is 0 Å². The fourth-order valence-corrected chi connectivity index (χ4v) is 48.0. The maximum Gasteiger partial charge on any atom is 0.640 e. The van der Waals surface area contributed by atoms with Gasteiger partial charge in [0.25, 0.3) is 0 Å². The Bertz CT molecular complexity index is 936. The molecule has 0 heterocycles. The molecule has 0 N–H and O–H groups in total. The minimum atomic E-state index is -4.55. The third-order valence-electron chi connectivity index (χ3n) is 4.93. The second-order valence-electron chi connectivity index (χ2n) is 22.5. The average Bonchev–Trinajstić information content (AvgIpc) is 2.65. The molecule has 0 aliphatic rings. The van der Waals surface area contributed by atoms with Crippen LogP contribution in [0.3, 0.4) is 0 Å². The summed E-state index contributed by atoms with van der Waals surface area (Å²) in [5.74, 6) is 0. The molecule has 0 amide bonds. The summed E-state index contributed by atoms with van der Waals surface area (Å²) in [4.78, 5) is 0. The summed E-state index contributed by atoms with van der Waals surface area (Å²) >= 11 is 0. The molecule has 54 heavy (non-hydrogen) atoms. The van der Waals surface area contributed by atoms with Gasteiger partial charge in [-0.1, -0.05) is 0 Å². The van der Waals surface area contributed by atoms with Crippen LogP contribution < -0.4 is 0 Å².